The number of anilines is 1. The average Bonchev–Trinajstić information content (AvgIpc) is 3.14. The van der Waals surface area contributed by atoms with E-state index in [0.717, 1.165) is 43.6 Å². The summed E-state index contributed by atoms with van der Waals surface area (Å²) in [6.45, 7) is 1.96. The minimum Gasteiger partial charge on any atom is -0.378 e. The molecule has 30 heavy (non-hydrogen) atoms. The van der Waals surface area contributed by atoms with E-state index in [0.29, 0.717) is 6.04 Å². The fourth-order valence-electron chi connectivity index (χ4n) is 5.11. The van der Waals surface area contributed by atoms with Crippen molar-refractivity contribution in [2.24, 2.45) is 5.92 Å². The maximum Gasteiger partial charge on any atom is 0.416 e. The molecule has 1 aliphatic carbocycles. The Morgan fingerprint density at radius 1 is 1.07 bits per heavy atom. The Morgan fingerprint density at radius 3 is 2.53 bits per heavy atom. The lowest BCUT2D eigenvalue weighted by atomic mass is 9.77. The van der Waals surface area contributed by atoms with Gasteiger partial charge < -0.3 is 15.5 Å². The molecular formula is C24H30F3N3. The summed E-state index contributed by atoms with van der Waals surface area (Å²) in [5.74, 6) is 0.398. The van der Waals surface area contributed by atoms with Crippen molar-refractivity contribution in [1.82, 2.24) is 10.2 Å². The van der Waals surface area contributed by atoms with Crippen LogP contribution in [0, 0.1) is 5.92 Å². The van der Waals surface area contributed by atoms with E-state index in [4.69, 9.17) is 0 Å². The van der Waals surface area contributed by atoms with Gasteiger partial charge in [0.15, 0.2) is 0 Å². The maximum atomic E-state index is 13.4. The molecule has 6 heteroatoms. The fourth-order valence-corrected chi connectivity index (χ4v) is 5.11. The Morgan fingerprint density at radius 2 is 1.83 bits per heavy atom. The van der Waals surface area contributed by atoms with Crippen molar-refractivity contribution in [3.8, 4) is 0 Å². The summed E-state index contributed by atoms with van der Waals surface area (Å²) >= 11 is 0. The summed E-state index contributed by atoms with van der Waals surface area (Å²) in [5, 5.41) is 7.23. The van der Waals surface area contributed by atoms with Gasteiger partial charge in [-0.25, -0.2) is 0 Å². The van der Waals surface area contributed by atoms with E-state index in [1.54, 1.807) is 6.07 Å². The van der Waals surface area contributed by atoms with Crippen LogP contribution in [0.3, 0.4) is 0 Å². The number of rotatable bonds is 6. The second kappa shape index (κ2) is 8.60. The van der Waals surface area contributed by atoms with Gasteiger partial charge in [-0.3, -0.25) is 0 Å². The molecule has 0 aromatic heterocycles. The van der Waals surface area contributed by atoms with Crippen LogP contribution in [0.15, 0.2) is 48.5 Å². The number of hydrogen-bond acceptors (Lipinski definition) is 3. The first kappa shape index (κ1) is 21.2. The Balaban J connectivity index is 1.59. The van der Waals surface area contributed by atoms with Crippen molar-refractivity contribution in [1.29, 1.82) is 0 Å². The third-order valence-corrected chi connectivity index (χ3v) is 6.50. The van der Waals surface area contributed by atoms with Crippen molar-refractivity contribution in [2.45, 2.75) is 43.4 Å². The van der Waals surface area contributed by atoms with Gasteiger partial charge in [-0.2, -0.15) is 13.2 Å². The van der Waals surface area contributed by atoms with E-state index in [-0.39, 0.29) is 17.9 Å². The molecule has 4 atom stereocenters. The van der Waals surface area contributed by atoms with Crippen molar-refractivity contribution >= 4 is 5.69 Å². The van der Waals surface area contributed by atoms with Gasteiger partial charge in [0, 0.05) is 11.7 Å². The van der Waals surface area contributed by atoms with Gasteiger partial charge in [-0.1, -0.05) is 30.3 Å². The molecule has 0 bridgehead atoms. The second-order valence-electron chi connectivity index (χ2n) is 8.88. The molecular weight excluding hydrogens is 387 g/mol. The molecule has 1 fully saturated rings. The van der Waals surface area contributed by atoms with Crippen LogP contribution in [0.1, 0.15) is 47.9 Å². The number of halogens is 3. The van der Waals surface area contributed by atoms with E-state index in [2.05, 4.69) is 41.8 Å². The van der Waals surface area contributed by atoms with Gasteiger partial charge in [0.25, 0.3) is 0 Å². The van der Waals surface area contributed by atoms with Crippen LogP contribution in [0.2, 0.25) is 0 Å². The largest absolute Gasteiger partial charge is 0.416 e. The summed E-state index contributed by atoms with van der Waals surface area (Å²) in [6.07, 6.45) is -1.40. The molecule has 2 aliphatic rings. The lowest BCUT2D eigenvalue weighted by Crippen LogP contribution is -2.30. The van der Waals surface area contributed by atoms with Crippen LogP contribution in [0.5, 0.6) is 0 Å². The third-order valence-electron chi connectivity index (χ3n) is 6.50. The lowest BCUT2D eigenvalue weighted by Gasteiger charge is -2.38. The Labute approximate surface area is 176 Å². The predicted molar refractivity (Wildman–Crippen MR) is 115 cm³/mol. The Kier molecular flexibility index (Phi) is 6.07. The Hall–Kier alpha value is -2.05. The van der Waals surface area contributed by atoms with Crippen molar-refractivity contribution in [3.05, 3.63) is 65.2 Å². The topological polar surface area (TPSA) is 27.3 Å². The lowest BCUT2D eigenvalue weighted by molar-refractivity contribution is -0.137. The van der Waals surface area contributed by atoms with E-state index in [1.807, 2.05) is 18.2 Å². The second-order valence-corrected chi connectivity index (χ2v) is 8.88. The van der Waals surface area contributed by atoms with Gasteiger partial charge in [-0.15, -0.1) is 0 Å². The van der Waals surface area contributed by atoms with E-state index >= 15 is 0 Å². The first-order valence-electron chi connectivity index (χ1n) is 10.7. The predicted octanol–water partition coefficient (Wildman–Crippen LogP) is 5.28. The zero-order chi connectivity index (χ0) is 21.3. The van der Waals surface area contributed by atoms with E-state index < -0.39 is 11.7 Å². The molecule has 0 amide bonds. The third kappa shape index (κ3) is 4.49. The molecule has 0 radical (unpaired) electrons. The van der Waals surface area contributed by atoms with Crippen LogP contribution >= 0.6 is 0 Å². The Bertz CT molecular complexity index is 851. The minimum atomic E-state index is -4.32. The van der Waals surface area contributed by atoms with E-state index in [1.165, 1.54) is 17.7 Å². The number of nitrogens with one attached hydrogen (secondary N) is 2. The molecule has 1 saturated carbocycles. The van der Waals surface area contributed by atoms with Gasteiger partial charge in [0.05, 0.1) is 11.6 Å². The SMILES string of the molecule is CN(C)CCCN[C@@H]1CC2c3cc(C(F)(F)F)ccc3N[C@H](c3ccccc3)[C@@H]2C1. The zero-order valence-electron chi connectivity index (χ0n) is 17.5. The van der Waals surface area contributed by atoms with Crippen LogP contribution in [-0.2, 0) is 6.18 Å². The van der Waals surface area contributed by atoms with Crippen LogP contribution in [0.25, 0.3) is 0 Å². The van der Waals surface area contributed by atoms with Gasteiger partial charge in [-0.05, 0) is 87.6 Å². The monoisotopic (exact) mass is 417 g/mol. The van der Waals surface area contributed by atoms with Crippen LogP contribution in [-0.4, -0.2) is 38.1 Å². The molecule has 4 rings (SSSR count). The molecule has 1 heterocycles. The zero-order valence-corrected chi connectivity index (χ0v) is 17.5. The van der Waals surface area contributed by atoms with Crippen LogP contribution in [0.4, 0.5) is 18.9 Å². The molecule has 1 unspecified atom stereocenters. The molecule has 0 spiro atoms. The minimum absolute atomic E-state index is 0.119. The van der Waals surface area contributed by atoms with E-state index in [9.17, 15) is 13.2 Å². The molecule has 162 valence electrons. The summed E-state index contributed by atoms with van der Waals surface area (Å²) in [4.78, 5) is 2.17. The average molecular weight is 418 g/mol. The summed E-state index contributed by atoms with van der Waals surface area (Å²) < 4.78 is 40.1. The summed E-state index contributed by atoms with van der Waals surface area (Å²) in [5.41, 5.74) is 2.31. The van der Waals surface area contributed by atoms with Gasteiger partial charge in [0.1, 0.15) is 0 Å². The fraction of sp³-hybridized carbons (Fsp3) is 0.500. The number of fused-ring (bicyclic) bond motifs is 3. The molecule has 2 N–H and O–H groups in total. The highest BCUT2D eigenvalue weighted by Gasteiger charge is 2.45. The van der Waals surface area contributed by atoms with Gasteiger partial charge >= 0.3 is 6.18 Å². The molecule has 2 aromatic carbocycles. The molecule has 1 aliphatic heterocycles. The normalized spacial score (nSPS) is 25.7. The number of nitrogens with zero attached hydrogens (tertiary/aromatic N) is 1. The quantitative estimate of drug-likeness (QED) is 0.627. The molecule has 0 saturated heterocycles. The number of hydrogen-bond donors (Lipinski definition) is 2. The maximum absolute atomic E-state index is 13.4. The van der Waals surface area contributed by atoms with Crippen LogP contribution < -0.4 is 10.6 Å². The first-order chi connectivity index (χ1) is 14.3. The highest BCUT2D eigenvalue weighted by Crippen LogP contribution is 2.53. The molecule has 2 aromatic rings. The van der Waals surface area contributed by atoms with Crippen molar-refractivity contribution in [3.63, 3.8) is 0 Å². The number of alkyl halides is 3. The highest BCUT2D eigenvalue weighted by atomic mass is 19.4. The summed E-state index contributed by atoms with van der Waals surface area (Å²) in [7, 11) is 4.13. The molecule has 3 nitrogen and oxygen atoms in total. The number of benzene rings is 2. The van der Waals surface area contributed by atoms with Gasteiger partial charge in [0.2, 0.25) is 0 Å². The van der Waals surface area contributed by atoms with Crippen molar-refractivity contribution < 1.29 is 13.2 Å². The summed E-state index contributed by atoms with van der Waals surface area (Å²) in [6, 6.07) is 14.9. The first-order valence-corrected chi connectivity index (χ1v) is 10.7. The smallest absolute Gasteiger partial charge is 0.378 e. The van der Waals surface area contributed by atoms with Crippen molar-refractivity contribution in [2.75, 3.05) is 32.5 Å². The standard InChI is InChI=1S/C24H30F3N3/c1-30(2)12-6-11-28-18-14-19-20-13-17(24(25,26)27)9-10-22(20)29-23(21(19)15-18)16-7-4-3-5-8-16/h3-5,7-10,13,18-19,21,23,28-29H,6,11-12,14-15H2,1-2H3/t18-,19?,21-,23-/m1/s1. The highest BCUT2D eigenvalue weighted by molar-refractivity contribution is 5.59.